The SMILES string of the molecule is Cc1ccc(-c2cc(-c3ccc(C)cc3)nc(-c3nc(-c4ccc(C)cc4)cc(-c4ccc(C)cc4)n3)n2)cc1.Cc1ccc(-c2nc(-c3ccc(C)cc3)nc(-c3nc(-c4ccc(C)cc4)nc(-c4ccc(C)cc4)n3)n2)cc1. The number of hydrogen-bond acceptors (Lipinski definition) is 10. The standard InChI is InChI=1S/C36H30N4.C34H28N6/c1-23-5-13-27(14-6-23)31-21-32(28-15-7-24(2)8-16-28)38-35(37-31)36-39-33(29-17-9-25(3)10-18-29)22-34(40-36)30-19-11-26(4)12-20-30;1-21-5-13-25(14-6-21)29-35-30(26-15-7-22(2)8-16-26)38-33(37-29)34-39-31(27-17-9-23(3)10-18-27)36-32(40-34)28-19-11-24(4)12-20-28/h5-22H,1-4H3;5-20H,1-4H3. The van der Waals surface area contributed by atoms with Crippen LogP contribution in [0.25, 0.3) is 114 Å². The van der Waals surface area contributed by atoms with E-state index in [1.54, 1.807) is 0 Å². The second-order valence-electron chi connectivity index (χ2n) is 20.5. The lowest BCUT2D eigenvalue weighted by molar-refractivity contribution is 1.00. The Morgan fingerprint density at radius 2 is 0.287 bits per heavy atom. The van der Waals surface area contributed by atoms with E-state index >= 15 is 0 Å². The molecule has 0 aliphatic rings. The molecule has 0 bridgehead atoms. The normalized spacial score (nSPS) is 11.0. The second-order valence-corrected chi connectivity index (χ2v) is 20.5. The quantitative estimate of drug-likeness (QED) is 0.131. The summed E-state index contributed by atoms with van der Waals surface area (Å²) in [6.45, 7) is 16.6. The summed E-state index contributed by atoms with van der Waals surface area (Å²) < 4.78 is 0. The molecular weight excluding hydrogens is 981 g/mol. The van der Waals surface area contributed by atoms with Gasteiger partial charge in [0, 0.05) is 44.5 Å². The first-order valence-corrected chi connectivity index (χ1v) is 26.7. The number of nitrogens with zero attached hydrogens (tertiary/aromatic N) is 10. The maximum Gasteiger partial charge on any atom is 0.202 e. The van der Waals surface area contributed by atoms with Crippen LogP contribution in [-0.4, -0.2) is 49.8 Å². The third-order valence-electron chi connectivity index (χ3n) is 13.8. The van der Waals surface area contributed by atoms with E-state index in [9.17, 15) is 0 Å². The molecule has 388 valence electrons. The summed E-state index contributed by atoms with van der Waals surface area (Å²) in [6.07, 6.45) is 0. The van der Waals surface area contributed by atoms with Gasteiger partial charge in [-0.05, 0) is 67.5 Å². The van der Waals surface area contributed by atoms with Gasteiger partial charge in [-0.3, -0.25) is 0 Å². The van der Waals surface area contributed by atoms with Crippen LogP contribution in [0.4, 0.5) is 0 Å². The van der Waals surface area contributed by atoms with Crippen molar-refractivity contribution in [2.24, 2.45) is 0 Å². The lowest BCUT2D eigenvalue weighted by Crippen LogP contribution is -2.05. The molecule has 0 saturated carbocycles. The van der Waals surface area contributed by atoms with Crippen LogP contribution in [0.1, 0.15) is 44.5 Å². The lowest BCUT2D eigenvalue weighted by atomic mass is 10.0. The Morgan fingerprint density at radius 3 is 0.463 bits per heavy atom. The number of hydrogen-bond donors (Lipinski definition) is 0. The molecule has 0 aliphatic carbocycles. The van der Waals surface area contributed by atoms with Crippen molar-refractivity contribution in [2.75, 3.05) is 0 Å². The maximum atomic E-state index is 5.01. The average molecular weight is 1040 g/mol. The fraction of sp³-hybridized carbons (Fsp3) is 0.114. The predicted molar refractivity (Wildman–Crippen MR) is 323 cm³/mol. The van der Waals surface area contributed by atoms with E-state index in [4.69, 9.17) is 49.8 Å². The summed E-state index contributed by atoms with van der Waals surface area (Å²) in [5, 5.41) is 0. The second kappa shape index (κ2) is 22.9. The van der Waals surface area contributed by atoms with E-state index in [0.717, 1.165) is 67.3 Å². The summed E-state index contributed by atoms with van der Waals surface area (Å²) in [7, 11) is 0. The molecule has 80 heavy (non-hydrogen) atoms. The van der Waals surface area contributed by atoms with E-state index in [1.165, 1.54) is 44.5 Å². The van der Waals surface area contributed by atoms with Crippen molar-refractivity contribution in [3.8, 4) is 114 Å². The van der Waals surface area contributed by atoms with Crippen molar-refractivity contribution in [2.45, 2.75) is 55.4 Å². The molecule has 10 heteroatoms. The highest BCUT2D eigenvalue weighted by Crippen LogP contribution is 2.32. The minimum Gasteiger partial charge on any atom is -0.225 e. The van der Waals surface area contributed by atoms with Gasteiger partial charge in [-0.25, -0.2) is 49.8 Å². The van der Waals surface area contributed by atoms with Gasteiger partial charge in [0.05, 0.1) is 22.8 Å². The molecule has 0 fully saturated rings. The van der Waals surface area contributed by atoms with E-state index in [0.29, 0.717) is 46.6 Å². The maximum absolute atomic E-state index is 5.01. The molecule has 12 rings (SSSR count). The number of aromatic nitrogens is 10. The Balaban J connectivity index is 0.000000169. The number of aryl methyl sites for hydroxylation is 8. The van der Waals surface area contributed by atoms with E-state index in [-0.39, 0.29) is 0 Å². The van der Waals surface area contributed by atoms with Gasteiger partial charge < -0.3 is 0 Å². The molecule has 0 saturated heterocycles. The zero-order valence-electron chi connectivity index (χ0n) is 46.1. The predicted octanol–water partition coefficient (Wildman–Crippen LogP) is 16.5. The van der Waals surface area contributed by atoms with Crippen LogP contribution in [0, 0.1) is 55.4 Å². The van der Waals surface area contributed by atoms with Crippen LogP contribution in [0.2, 0.25) is 0 Å². The van der Waals surface area contributed by atoms with Gasteiger partial charge in [-0.15, -0.1) is 0 Å². The van der Waals surface area contributed by atoms with Gasteiger partial charge in [0.2, 0.25) is 11.6 Å². The van der Waals surface area contributed by atoms with Gasteiger partial charge in [0.25, 0.3) is 0 Å². The Hall–Kier alpha value is -10.1. The summed E-state index contributed by atoms with van der Waals surface area (Å²) >= 11 is 0. The molecule has 0 atom stereocenters. The van der Waals surface area contributed by atoms with Crippen molar-refractivity contribution in [1.82, 2.24) is 49.8 Å². The Bertz CT molecular complexity index is 3320. The lowest BCUT2D eigenvalue weighted by Gasteiger charge is -2.12. The van der Waals surface area contributed by atoms with Crippen LogP contribution in [0.15, 0.2) is 206 Å². The molecule has 0 radical (unpaired) electrons. The van der Waals surface area contributed by atoms with Crippen molar-refractivity contribution in [1.29, 1.82) is 0 Å². The van der Waals surface area contributed by atoms with Crippen LogP contribution in [-0.2, 0) is 0 Å². The van der Waals surface area contributed by atoms with Crippen LogP contribution in [0.5, 0.6) is 0 Å². The van der Waals surface area contributed by atoms with Gasteiger partial charge in [-0.2, -0.15) is 0 Å². The minimum atomic E-state index is 0.394. The summed E-state index contributed by atoms with van der Waals surface area (Å²) in [5.74, 6) is 4.04. The monoisotopic (exact) mass is 1040 g/mol. The fourth-order valence-electron chi connectivity index (χ4n) is 8.86. The molecule has 4 aromatic heterocycles. The zero-order chi connectivity index (χ0) is 55.3. The van der Waals surface area contributed by atoms with Crippen molar-refractivity contribution in [3.63, 3.8) is 0 Å². The number of rotatable bonds is 10. The van der Waals surface area contributed by atoms with Crippen LogP contribution < -0.4 is 0 Å². The summed E-state index contributed by atoms with van der Waals surface area (Å²) in [5.41, 5.74) is 20.5. The third kappa shape index (κ3) is 12.2. The third-order valence-corrected chi connectivity index (χ3v) is 13.8. The molecule has 0 amide bonds. The van der Waals surface area contributed by atoms with Crippen molar-refractivity contribution in [3.05, 3.63) is 251 Å². The topological polar surface area (TPSA) is 129 Å². The molecule has 12 aromatic rings. The first kappa shape index (κ1) is 52.0. The van der Waals surface area contributed by atoms with Crippen molar-refractivity contribution < 1.29 is 0 Å². The summed E-state index contributed by atoms with van der Waals surface area (Å²) in [6, 6.07) is 70.3. The minimum absolute atomic E-state index is 0.394. The Morgan fingerprint density at radius 1 is 0.150 bits per heavy atom. The smallest absolute Gasteiger partial charge is 0.202 e. The van der Waals surface area contributed by atoms with E-state index in [1.807, 2.05) is 60.7 Å². The highest BCUT2D eigenvalue weighted by atomic mass is 15.1. The van der Waals surface area contributed by atoms with Crippen LogP contribution in [0.3, 0.4) is 0 Å². The Labute approximate surface area is 467 Å². The fourth-order valence-corrected chi connectivity index (χ4v) is 8.86. The van der Waals surface area contributed by atoms with Gasteiger partial charge >= 0.3 is 0 Å². The zero-order valence-corrected chi connectivity index (χ0v) is 46.1. The number of benzene rings is 8. The van der Waals surface area contributed by atoms with Gasteiger partial charge in [0.15, 0.2) is 34.9 Å². The molecular formula is C70H58N10. The first-order valence-electron chi connectivity index (χ1n) is 26.7. The molecule has 4 heterocycles. The molecule has 8 aromatic carbocycles. The highest BCUT2D eigenvalue weighted by molar-refractivity contribution is 5.75. The highest BCUT2D eigenvalue weighted by Gasteiger charge is 2.20. The van der Waals surface area contributed by atoms with E-state index in [2.05, 4.69) is 201 Å². The first-order chi connectivity index (χ1) is 38.8. The van der Waals surface area contributed by atoms with E-state index < -0.39 is 0 Å². The summed E-state index contributed by atoms with van der Waals surface area (Å²) in [4.78, 5) is 49.2. The largest absolute Gasteiger partial charge is 0.225 e. The molecule has 0 aliphatic heterocycles. The van der Waals surface area contributed by atoms with Gasteiger partial charge in [-0.1, -0.05) is 239 Å². The molecule has 10 nitrogen and oxygen atoms in total. The molecule has 0 N–H and O–H groups in total. The molecule has 0 unspecified atom stereocenters. The van der Waals surface area contributed by atoms with Crippen molar-refractivity contribution >= 4 is 0 Å². The molecule has 0 spiro atoms. The van der Waals surface area contributed by atoms with Gasteiger partial charge in [0.1, 0.15) is 0 Å². The van der Waals surface area contributed by atoms with Crippen LogP contribution >= 0.6 is 0 Å². The average Bonchev–Trinajstić information content (AvgIpc) is 3.49. The Kier molecular flexibility index (Phi) is 14.9.